The molecule has 0 N–H and O–H groups in total. The van der Waals surface area contributed by atoms with Gasteiger partial charge in [0.1, 0.15) is 11.9 Å². The van der Waals surface area contributed by atoms with E-state index in [2.05, 4.69) is 4.90 Å². The van der Waals surface area contributed by atoms with Crippen molar-refractivity contribution in [1.82, 2.24) is 14.7 Å². The lowest BCUT2D eigenvalue weighted by Gasteiger charge is -2.35. The molecule has 6 nitrogen and oxygen atoms in total. The van der Waals surface area contributed by atoms with Crippen molar-refractivity contribution in [3.8, 4) is 5.75 Å². The molecule has 0 unspecified atom stereocenters. The molecule has 2 heterocycles. The van der Waals surface area contributed by atoms with Crippen LogP contribution in [-0.2, 0) is 4.79 Å². The lowest BCUT2D eigenvalue weighted by Crippen LogP contribution is -2.49. The third-order valence-corrected chi connectivity index (χ3v) is 6.46. The van der Waals surface area contributed by atoms with Crippen LogP contribution in [0.25, 0.3) is 0 Å². The van der Waals surface area contributed by atoms with Gasteiger partial charge in [-0.05, 0) is 37.0 Å². The van der Waals surface area contributed by atoms with Crippen molar-refractivity contribution < 1.29 is 14.3 Å². The third-order valence-electron chi connectivity index (χ3n) is 6.23. The van der Waals surface area contributed by atoms with Gasteiger partial charge in [-0.25, -0.2) is 0 Å². The lowest BCUT2D eigenvalue weighted by atomic mass is 10.1. The van der Waals surface area contributed by atoms with E-state index in [4.69, 9.17) is 16.3 Å². The largest absolute Gasteiger partial charge is 0.489 e. The number of carbonyl (C=O) groups is 2. The predicted octanol–water partition coefficient (Wildman–Crippen LogP) is 2.90. The maximum atomic E-state index is 13.2. The Hall–Kier alpha value is -1.79. The summed E-state index contributed by atoms with van der Waals surface area (Å²) in [5.41, 5.74) is 0.544. The number of nitrogens with zero attached hydrogens (tertiary/aromatic N) is 3. The van der Waals surface area contributed by atoms with Crippen LogP contribution in [0.15, 0.2) is 18.2 Å². The van der Waals surface area contributed by atoms with Crippen molar-refractivity contribution in [2.45, 2.75) is 38.7 Å². The molecule has 158 valence electrons. The van der Waals surface area contributed by atoms with Gasteiger partial charge in [-0.3, -0.25) is 14.5 Å². The first-order valence-electron chi connectivity index (χ1n) is 10.7. The van der Waals surface area contributed by atoms with Gasteiger partial charge in [0, 0.05) is 70.6 Å². The molecule has 2 saturated heterocycles. The van der Waals surface area contributed by atoms with Crippen LogP contribution < -0.4 is 4.74 Å². The Kier molecular flexibility index (Phi) is 6.30. The Labute approximate surface area is 177 Å². The van der Waals surface area contributed by atoms with Crippen molar-refractivity contribution in [3.05, 3.63) is 28.8 Å². The Morgan fingerprint density at radius 2 is 1.69 bits per heavy atom. The molecule has 4 rings (SSSR count). The third kappa shape index (κ3) is 5.23. The zero-order valence-electron chi connectivity index (χ0n) is 17.1. The normalized spacial score (nSPS) is 21.3. The van der Waals surface area contributed by atoms with Gasteiger partial charge in [0.2, 0.25) is 5.91 Å². The van der Waals surface area contributed by atoms with Crippen LogP contribution in [0.1, 0.15) is 43.0 Å². The summed E-state index contributed by atoms with van der Waals surface area (Å²) in [5, 5.41) is 0.541. The van der Waals surface area contributed by atoms with E-state index in [1.165, 1.54) is 19.4 Å². The fraction of sp³-hybridized carbons (Fsp3) is 0.636. The molecule has 1 aromatic carbocycles. The van der Waals surface area contributed by atoms with Crippen molar-refractivity contribution in [2.75, 3.05) is 45.8 Å². The van der Waals surface area contributed by atoms with E-state index in [9.17, 15) is 9.59 Å². The van der Waals surface area contributed by atoms with Crippen LogP contribution in [-0.4, -0.2) is 78.4 Å². The molecule has 1 aliphatic carbocycles. The van der Waals surface area contributed by atoms with Crippen LogP contribution in [0.5, 0.6) is 5.75 Å². The number of piperidine rings is 1. The summed E-state index contributed by atoms with van der Waals surface area (Å²) in [6, 6.07) is 5.29. The fourth-order valence-electron chi connectivity index (χ4n) is 4.21. The van der Waals surface area contributed by atoms with Crippen molar-refractivity contribution in [3.63, 3.8) is 0 Å². The monoisotopic (exact) mass is 419 g/mol. The molecule has 0 radical (unpaired) electrons. The Bertz CT molecular complexity index is 752. The van der Waals surface area contributed by atoms with E-state index in [0.717, 1.165) is 44.9 Å². The summed E-state index contributed by atoms with van der Waals surface area (Å²) < 4.78 is 6.21. The first-order chi connectivity index (χ1) is 14.0. The molecule has 7 heteroatoms. The van der Waals surface area contributed by atoms with Crippen molar-refractivity contribution >= 4 is 23.4 Å². The van der Waals surface area contributed by atoms with Crippen LogP contribution in [0, 0.1) is 5.92 Å². The summed E-state index contributed by atoms with van der Waals surface area (Å²) in [7, 11) is 0. The van der Waals surface area contributed by atoms with E-state index in [0.29, 0.717) is 29.4 Å². The molecule has 0 spiro atoms. The van der Waals surface area contributed by atoms with E-state index >= 15 is 0 Å². The summed E-state index contributed by atoms with van der Waals surface area (Å²) in [5.74, 6) is 1.57. The van der Waals surface area contributed by atoms with Gasteiger partial charge in [-0.2, -0.15) is 0 Å². The number of rotatable bonds is 5. The molecule has 3 fully saturated rings. The number of benzene rings is 1. The zero-order chi connectivity index (χ0) is 20.4. The maximum Gasteiger partial charge on any atom is 0.257 e. The van der Waals surface area contributed by atoms with Crippen molar-refractivity contribution in [1.29, 1.82) is 0 Å². The van der Waals surface area contributed by atoms with E-state index in [-0.39, 0.29) is 17.9 Å². The molecule has 0 aromatic heterocycles. The summed E-state index contributed by atoms with van der Waals surface area (Å²) in [4.78, 5) is 31.0. The van der Waals surface area contributed by atoms with Gasteiger partial charge in [0.05, 0.1) is 5.56 Å². The minimum atomic E-state index is -0.00487. The highest BCUT2D eigenvalue weighted by Gasteiger charge is 2.30. The van der Waals surface area contributed by atoms with Crippen LogP contribution >= 0.6 is 11.6 Å². The van der Waals surface area contributed by atoms with Gasteiger partial charge in [0.15, 0.2) is 0 Å². The minimum absolute atomic E-state index is 0.00487. The standard InChI is InChI=1S/C22H30ClN3O3/c1-16(27)25-8-6-19(7-9-25)29-21-5-4-18(23)14-20(21)22(28)26-12-10-24(11-13-26)15-17-2-3-17/h4-5,14,17,19H,2-3,6-13,15H2,1H3. The molecular weight excluding hydrogens is 390 g/mol. The fourth-order valence-corrected chi connectivity index (χ4v) is 4.38. The molecule has 1 aromatic rings. The average Bonchev–Trinajstić information content (AvgIpc) is 3.54. The van der Waals surface area contributed by atoms with E-state index < -0.39 is 0 Å². The quantitative estimate of drug-likeness (QED) is 0.736. The molecule has 29 heavy (non-hydrogen) atoms. The Morgan fingerprint density at radius 3 is 2.31 bits per heavy atom. The van der Waals surface area contributed by atoms with E-state index in [1.807, 2.05) is 9.80 Å². The maximum absolute atomic E-state index is 13.2. The molecule has 0 atom stereocenters. The van der Waals surface area contributed by atoms with E-state index in [1.54, 1.807) is 25.1 Å². The Balaban J connectivity index is 1.38. The smallest absolute Gasteiger partial charge is 0.257 e. The number of hydrogen-bond acceptors (Lipinski definition) is 4. The number of likely N-dealkylation sites (tertiary alicyclic amines) is 1. The second kappa shape index (κ2) is 8.92. The second-order valence-corrected chi connectivity index (χ2v) is 8.94. The Morgan fingerprint density at radius 1 is 1.00 bits per heavy atom. The average molecular weight is 420 g/mol. The number of ether oxygens (including phenoxy) is 1. The molecular formula is C22H30ClN3O3. The van der Waals surface area contributed by atoms with Crippen LogP contribution in [0.4, 0.5) is 0 Å². The molecule has 2 amide bonds. The highest BCUT2D eigenvalue weighted by atomic mass is 35.5. The first kappa shape index (κ1) is 20.5. The lowest BCUT2D eigenvalue weighted by molar-refractivity contribution is -0.130. The number of hydrogen-bond donors (Lipinski definition) is 0. The highest BCUT2D eigenvalue weighted by Crippen LogP contribution is 2.31. The van der Waals surface area contributed by atoms with Crippen LogP contribution in [0.3, 0.4) is 0 Å². The summed E-state index contributed by atoms with van der Waals surface area (Å²) in [6.45, 7) is 7.52. The molecule has 0 bridgehead atoms. The molecule has 3 aliphatic rings. The number of piperazine rings is 1. The van der Waals surface area contributed by atoms with Gasteiger partial charge in [-0.1, -0.05) is 11.6 Å². The number of amides is 2. The van der Waals surface area contributed by atoms with Crippen LogP contribution in [0.2, 0.25) is 5.02 Å². The van der Waals surface area contributed by atoms with Gasteiger partial charge < -0.3 is 14.5 Å². The topological polar surface area (TPSA) is 53.1 Å². The second-order valence-electron chi connectivity index (χ2n) is 8.50. The van der Waals surface area contributed by atoms with Gasteiger partial charge >= 0.3 is 0 Å². The summed E-state index contributed by atoms with van der Waals surface area (Å²) >= 11 is 6.21. The number of carbonyl (C=O) groups excluding carboxylic acids is 2. The molecule has 2 aliphatic heterocycles. The molecule has 1 saturated carbocycles. The van der Waals surface area contributed by atoms with Crippen molar-refractivity contribution in [2.24, 2.45) is 5.92 Å². The summed E-state index contributed by atoms with van der Waals surface area (Å²) in [6.07, 6.45) is 4.26. The highest BCUT2D eigenvalue weighted by molar-refractivity contribution is 6.31. The number of halogens is 1. The zero-order valence-corrected chi connectivity index (χ0v) is 17.9. The minimum Gasteiger partial charge on any atom is -0.489 e. The SMILES string of the molecule is CC(=O)N1CCC(Oc2ccc(Cl)cc2C(=O)N2CCN(CC3CC3)CC2)CC1. The first-order valence-corrected chi connectivity index (χ1v) is 11.1. The van der Waals surface area contributed by atoms with Gasteiger partial charge in [-0.15, -0.1) is 0 Å². The predicted molar refractivity (Wildman–Crippen MR) is 112 cm³/mol. The van der Waals surface area contributed by atoms with Gasteiger partial charge in [0.25, 0.3) is 5.91 Å².